The van der Waals surface area contributed by atoms with Gasteiger partial charge >= 0.3 is 0 Å². The van der Waals surface area contributed by atoms with Gasteiger partial charge in [0, 0.05) is 12.0 Å². The summed E-state index contributed by atoms with van der Waals surface area (Å²) in [5, 5.41) is 3.88. The summed E-state index contributed by atoms with van der Waals surface area (Å²) in [6, 6.07) is 0. The van der Waals surface area contributed by atoms with Crippen LogP contribution in [0.3, 0.4) is 0 Å². The van der Waals surface area contributed by atoms with Crippen LogP contribution in [0.15, 0.2) is 4.52 Å². The van der Waals surface area contributed by atoms with E-state index < -0.39 is 0 Å². The van der Waals surface area contributed by atoms with Crippen LogP contribution < -0.4 is 5.73 Å². The van der Waals surface area contributed by atoms with Crippen LogP contribution in [-0.2, 0) is 6.42 Å². The molecule has 0 unspecified atom stereocenters. The third-order valence-corrected chi connectivity index (χ3v) is 3.36. The van der Waals surface area contributed by atoms with Crippen LogP contribution in [0.1, 0.15) is 56.8 Å². The van der Waals surface area contributed by atoms with Gasteiger partial charge in [0.05, 0.1) is 0 Å². The summed E-state index contributed by atoms with van der Waals surface area (Å²) in [6.07, 6.45) is 6.42. The molecule has 1 aromatic heterocycles. The van der Waals surface area contributed by atoms with E-state index >= 15 is 0 Å². The van der Waals surface area contributed by atoms with Crippen LogP contribution in [0.5, 0.6) is 0 Å². The number of hydrogen-bond donors (Lipinski definition) is 1. The first-order valence-electron chi connectivity index (χ1n) is 5.92. The van der Waals surface area contributed by atoms with Crippen molar-refractivity contribution in [3.05, 3.63) is 11.3 Å². The summed E-state index contributed by atoms with van der Waals surface area (Å²) in [7, 11) is 0. The quantitative estimate of drug-likeness (QED) is 0.830. The number of nitrogens with two attached hydrogens (primary N) is 1. The van der Waals surface area contributed by atoms with E-state index in [1.165, 1.54) is 25.7 Å². The fourth-order valence-electron chi connectivity index (χ4n) is 2.59. The summed E-state index contributed by atoms with van der Waals surface area (Å²) >= 11 is 0. The average molecular weight is 208 g/mol. The van der Waals surface area contributed by atoms with E-state index in [-0.39, 0.29) is 0 Å². The molecule has 0 spiro atoms. The molecule has 0 saturated heterocycles. The molecule has 0 radical (unpaired) electrons. The third kappa shape index (κ3) is 2.16. The maximum Gasteiger partial charge on any atom is 0.170 e. The van der Waals surface area contributed by atoms with Gasteiger partial charge in [-0.25, -0.2) is 0 Å². The number of anilines is 1. The molecule has 0 aromatic carbocycles. The Morgan fingerprint density at radius 3 is 2.67 bits per heavy atom. The predicted octanol–water partition coefficient (Wildman–Crippen LogP) is 3.11. The van der Waals surface area contributed by atoms with Crippen molar-refractivity contribution in [1.82, 2.24) is 5.16 Å². The van der Waals surface area contributed by atoms with E-state index in [9.17, 15) is 0 Å². The first-order valence-corrected chi connectivity index (χ1v) is 5.92. The largest absolute Gasteiger partial charge is 0.381 e. The lowest BCUT2D eigenvalue weighted by Crippen LogP contribution is -2.02. The van der Waals surface area contributed by atoms with E-state index in [1.807, 2.05) is 0 Å². The highest BCUT2D eigenvalue weighted by Crippen LogP contribution is 2.32. The van der Waals surface area contributed by atoms with Gasteiger partial charge in [0.1, 0.15) is 5.76 Å². The summed E-state index contributed by atoms with van der Waals surface area (Å²) in [5.74, 6) is 2.80. The number of nitrogen functional groups attached to an aromatic ring is 1. The zero-order valence-corrected chi connectivity index (χ0v) is 9.62. The topological polar surface area (TPSA) is 52.0 Å². The Morgan fingerprint density at radius 2 is 2.07 bits per heavy atom. The SMILES string of the molecule is CC(C)c1c(N)noc1CC1CCCC1. The maximum absolute atomic E-state index is 5.81. The molecule has 84 valence electrons. The molecule has 2 rings (SSSR count). The lowest BCUT2D eigenvalue weighted by atomic mass is 9.95. The van der Waals surface area contributed by atoms with Crippen LogP contribution in [-0.4, -0.2) is 5.16 Å². The summed E-state index contributed by atoms with van der Waals surface area (Å²) in [5.41, 5.74) is 6.94. The van der Waals surface area contributed by atoms with Crippen LogP contribution in [0.25, 0.3) is 0 Å². The van der Waals surface area contributed by atoms with E-state index in [4.69, 9.17) is 10.3 Å². The highest BCUT2D eigenvalue weighted by Gasteiger charge is 2.22. The second kappa shape index (κ2) is 4.25. The molecule has 0 atom stereocenters. The van der Waals surface area contributed by atoms with Crippen molar-refractivity contribution in [2.75, 3.05) is 5.73 Å². The minimum Gasteiger partial charge on any atom is -0.381 e. The van der Waals surface area contributed by atoms with Crippen molar-refractivity contribution in [2.24, 2.45) is 5.92 Å². The molecule has 1 aliphatic carbocycles. The maximum atomic E-state index is 5.81. The van der Waals surface area contributed by atoms with Gasteiger partial charge < -0.3 is 10.3 Å². The zero-order valence-electron chi connectivity index (χ0n) is 9.62. The van der Waals surface area contributed by atoms with Crippen LogP contribution in [0.2, 0.25) is 0 Å². The Balaban J connectivity index is 2.13. The third-order valence-electron chi connectivity index (χ3n) is 3.36. The fraction of sp³-hybridized carbons (Fsp3) is 0.750. The summed E-state index contributed by atoms with van der Waals surface area (Å²) in [4.78, 5) is 0. The van der Waals surface area contributed by atoms with Crippen molar-refractivity contribution in [2.45, 2.75) is 51.9 Å². The molecule has 0 aliphatic heterocycles. The average Bonchev–Trinajstić information content (AvgIpc) is 2.76. The molecule has 3 heteroatoms. The summed E-state index contributed by atoms with van der Waals surface area (Å²) < 4.78 is 5.34. The fourth-order valence-corrected chi connectivity index (χ4v) is 2.59. The van der Waals surface area contributed by atoms with Crippen LogP contribution in [0, 0.1) is 5.92 Å². The van der Waals surface area contributed by atoms with Crippen molar-refractivity contribution in [3.63, 3.8) is 0 Å². The second-order valence-corrected chi connectivity index (χ2v) is 4.91. The van der Waals surface area contributed by atoms with Gasteiger partial charge in [-0.2, -0.15) is 0 Å². The lowest BCUT2D eigenvalue weighted by Gasteiger charge is -2.09. The predicted molar refractivity (Wildman–Crippen MR) is 60.7 cm³/mol. The van der Waals surface area contributed by atoms with Gasteiger partial charge in [0.25, 0.3) is 0 Å². The van der Waals surface area contributed by atoms with E-state index in [2.05, 4.69) is 19.0 Å². The highest BCUT2D eigenvalue weighted by atomic mass is 16.5. The Bertz CT molecular complexity index is 324. The molecule has 1 heterocycles. The normalized spacial score (nSPS) is 17.8. The molecule has 1 aliphatic rings. The lowest BCUT2D eigenvalue weighted by molar-refractivity contribution is 0.358. The standard InChI is InChI=1S/C12H20N2O/c1-8(2)11-10(15-14-12(11)13)7-9-5-3-4-6-9/h8-9H,3-7H2,1-2H3,(H2,13,14). The van der Waals surface area contributed by atoms with Gasteiger partial charge in [-0.05, 0) is 11.8 Å². The van der Waals surface area contributed by atoms with Crippen molar-refractivity contribution >= 4 is 5.82 Å². The minimum atomic E-state index is 0.410. The molecule has 1 fully saturated rings. The molecule has 1 saturated carbocycles. The molecular weight excluding hydrogens is 188 g/mol. The van der Waals surface area contributed by atoms with Gasteiger partial charge in [-0.3, -0.25) is 0 Å². The molecule has 15 heavy (non-hydrogen) atoms. The van der Waals surface area contributed by atoms with Crippen LogP contribution >= 0.6 is 0 Å². The Morgan fingerprint density at radius 1 is 1.40 bits per heavy atom. The first-order chi connectivity index (χ1) is 7.18. The van der Waals surface area contributed by atoms with Gasteiger partial charge in [-0.15, -0.1) is 0 Å². The van der Waals surface area contributed by atoms with Gasteiger partial charge in [-0.1, -0.05) is 44.7 Å². The second-order valence-electron chi connectivity index (χ2n) is 4.91. The first kappa shape index (κ1) is 10.5. The van der Waals surface area contributed by atoms with Crippen molar-refractivity contribution < 1.29 is 4.52 Å². The van der Waals surface area contributed by atoms with Gasteiger partial charge in [0.2, 0.25) is 0 Å². The molecule has 2 N–H and O–H groups in total. The Hall–Kier alpha value is -0.990. The highest BCUT2D eigenvalue weighted by molar-refractivity contribution is 5.42. The van der Waals surface area contributed by atoms with E-state index in [0.29, 0.717) is 11.7 Å². The van der Waals surface area contributed by atoms with E-state index in [0.717, 1.165) is 23.7 Å². The van der Waals surface area contributed by atoms with Crippen molar-refractivity contribution in [3.8, 4) is 0 Å². The molecule has 0 bridgehead atoms. The molecule has 1 aromatic rings. The number of aromatic nitrogens is 1. The Kier molecular flexibility index (Phi) is 2.98. The Labute approximate surface area is 91.0 Å². The molecule has 0 amide bonds. The zero-order chi connectivity index (χ0) is 10.8. The molecule has 3 nitrogen and oxygen atoms in total. The van der Waals surface area contributed by atoms with Gasteiger partial charge in [0.15, 0.2) is 5.82 Å². The van der Waals surface area contributed by atoms with Crippen molar-refractivity contribution in [1.29, 1.82) is 0 Å². The number of nitrogens with zero attached hydrogens (tertiary/aromatic N) is 1. The number of rotatable bonds is 3. The molecular formula is C12H20N2O. The summed E-state index contributed by atoms with van der Waals surface area (Å²) in [6.45, 7) is 4.28. The van der Waals surface area contributed by atoms with E-state index in [1.54, 1.807) is 0 Å². The minimum absolute atomic E-state index is 0.410. The monoisotopic (exact) mass is 208 g/mol. The smallest absolute Gasteiger partial charge is 0.170 e. The van der Waals surface area contributed by atoms with Crippen LogP contribution in [0.4, 0.5) is 5.82 Å². The number of hydrogen-bond acceptors (Lipinski definition) is 3.